The molecule has 0 amide bonds. The van der Waals surface area contributed by atoms with Crippen LogP contribution in [0, 0.1) is 6.92 Å². The van der Waals surface area contributed by atoms with Gasteiger partial charge in [-0.25, -0.2) is 4.98 Å². The lowest BCUT2D eigenvalue weighted by molar-refractivity contribution is -0.0927. The summed E-state index contributed by atoms with van der Waals surface area (Å²) >= 11 is 0. The SMILES string of the molecule is Cc1cccnc1N1CCN(CCC2COCCO2)CC1. The van der Waals surface area contributed by atoms with Gasteiger partial charge in [-0.15, -0.1) is 0 Å². The Morgan fingerprint density at radius 3 is 2.81 bits per heavy atom. The van der Waals surface area contributed by atoms with E-state index in [0.29, 0.717) is 0 Å². The van der Waals surface area contributed by atoms with Gasteiger partial charge in [0.1, 0.15) is 5.82 Å². The largest absolute Gasteiger partial charge is 0.376 e. The van der Waals surface area contributed by atoms with Crippen molar-refractivity contribution in [1.82, 2.24) is 9.88 Å². The van der Waals surface area contributed by atoms with E-state index in [9.17, 15) is 0 Å². The molecule has 5 heteroatoms. The molecule has 1 aromatic rings. The van der Waals surface area contributed by atoms with Crippen LogP contribution in [0.25, 0.3) is 0 Å². The Kier molecular flexibility index (Phi) is 5.06. The van der Waals surface area contributed by atoms with E-state index in [2.05, 4.69) is 27.8 Å². The van der Waals surface area contributed by atoms with E-state index in [1.807, 2.05) is 12.3 Å². The van der Waals surface area contributed by atoms with Gasteiger partial charge >= 0.3 is 0 Å². The Balaban J connectivity index is 1.43. The number of aromatic nitrogens is 1. The van der Waals surface area contributed by atoms with Crippen molar-refractivity contribution in [2.45, 2.75) is 19.4 Å². The molecule has 0 saturated carbocycles. The van der Waals surface area contributed by atoms with Crippen LogP contribution in [0.1, 0.15) is 12.0 Å². The van der Waals surface area contributed by atoms with Crippen LogP contribution >= 0.6 is 0 Å². The van der Waals surface area contributed by atoms with Crippen LogP contribution in [0.15, 0.2) is 18.3 Å². The first-order valence-corrected chi connectivity index (χ1v) is 7.91. The number of ether oxygens (including phenoxy) is 2. The topological polar surface area (TPSA) is 37.8 Å². The molecule has 116 valence electrons. The molecule has 0 spiro atoms. The Bertz CT molecular complexity index is 441. The number of nitrogens with zero attached hydrogens (tertiary/aromatic N) is 3. The zero-order valence-electron chi connectivity index (χ0n) is 12.8. The molecule has 3 rings (SSSR count). The molecular formula is C16H25N3O2. The lowest BCUT2D eigenvalue weighted by atomic mass is 10.2. The number of pyridine rings is 1. The lowest BCUT2D eigenvalue weighted by Gasteiger charge is -2.36. The van der Waals surface area contributed by atoms with Gasteiger partial charge in [0.25, 0.3) is 0 Å². The second-order valence-electron chi connectivity index (χ2n) is 5.83. The third-order valence-corrected chi connectivity index (χ3v) is 4.31. The summed E-state index contributed by atoms with van der Waals surface area (Å²) in [5.41, 5.74) is 1.26. The predicted molar refractivity (Wildman–Crippen MR) is 82.8 cm³/mol. The van der Waals surface area contributed by atoms with Gasteiger partial charge in [0.15, 0.2) is 0 Å². The third kappa shape index (κ3) is 3.93. The highest BCUT2D eigenvalue weighted by molar-refractivity contribution is 5.46. The summed E-state index contributed by atoms with van der Waals surface area (Å²) in [4.78, 5) is 9.43. The first kappa shape index (κ1) is 14.8. The molecule has 0 aromatic carbocycles. The first-order chi connectivity index (χ1) is 10.3. The molecule has 2 aliphatic heterocycles. The van der Waals surface area contributed by atoms with Crippen molar-refractivity contribution in [3.63, 3.8) is 0 Å². The zero-order chi connectivity index (χ0) is 14.5. The highest BCUT2D eigenvalue weighted by Gasteiger charge is 2.21. The Labute approximate surface area is 126 Å². The monoisotopic (exact) mass is 291 g/mol. The predicted octanol–water partition coefficient (Wildman–Crippen LogP) is 1.32. The molecule has 1 aromatic heterocycles. The quantitative estimate of drug-likeness (QED) is 0.836. The Hall–Kier alpha value is -1.17. The molecule has 2 aliphatic rings. The minimum absolute atomic E-state index is 0.287. The van der Waals surface area contributed by atoms with Crippen LogP contribution in [-0.2, 0) is 9.47 Å². The summed E-state index contributed by atoms with van der Waals surface area (Å²) in [5.74, 6) is 1.14. The third-order valence-electron chi connectivity index (χ3n) is 4.31. The number of hydrogen-bond donors (Lipinski definition) is 0. The van der Waals surface area contributed by atoms with Gasteiger partial charge in [-0.1, -0.05) is 6.07 Å². The molecule has 0 bridgehead atoms. The smallest absolute Gasteiger partial charge is 0.131 e. The molecule has 5 nitrogen and oxygen atoms in total. The van der Waals surface area contributed by atoms with Crippen molar-refractivity contribution in [2.75, 3.05) is 57.4 Å². The van der Waals surface area contributed by atoms with Crippen molar-refractivity contribution in [3.05, 3.63) is 23.9 Å². The van der Waals surface area contributed by atoms with Crippen LogP contribution in [0.2, 0.25) is 0 Å². The summed E-state index contributed by atoms with van der Waals surface area (Å²) in [7, 11) is 0. The van der Waals surface area contributed by atoms with E-state index in [1.165, 1.54) is 5.56 Å². The van der Waals surface area contributed by atoms with Crippen molar-refractivity contribution in [2.24, 2.45) is 0 Å². The van der Waals surface area contributed by atoms with Crippen molar-refractivity contribution >= 4 is 5.82 Å². The molecule has 2 fully saturated rings. The Morgan fingerprint density at radius 2 is 2.10 bits per heavy atom. The minimum atomic E-state index is 0.287. The fraction of sp³-hybridized carbons (Fsp3) is 0.688. The highest BCUT2D eigenvalue weighted by Crippen LogP contribution is 2.18. The van der Waals surface area contributed by atoms with Gasteiger partial charge in [-0.05, 0) is 25.0 Å². The van der Waals surface area contributed by atoms with E-state index >= 15 is 0 Å². The van der Waals surface area contributed by atoms with Crippen molar-refractivity contribution < 1.29 is 9.47 Å². The van der Waals surface area contributed by atoms with Crippen LogP contribution in [-0.4, -0.2) is 68.5 Å². The average Bonchev–Trinajstić information content (AvgIpc) is 2.55. The van der Waals surface area contributed by atoms with Crippen LogP contribution in [0.5, 0.6) is 0 Å². The van der Waals surface area contributed by atoms with Gasteiger partial charge in [-0.2, -0.15) is 0 Å². The van der Waals surface area contributed by atoms with Gasteiger partial charge in [-0.3, -0.25) is 4.90 Å². The second kappa shape index (κ2) is 7.20. The highest BCUT2D eigenvalue weighted by atomic mass is 16.6. The second-order valence-corrected chi connectivity index (χ2v) is 5.83. The summed E-state index contributed by atoms with van der Waals surface area (Å²) < 4.78 is 11.2. The Morgan fingerprint density at radius 1 is 1.24 bits per heavy atom. The van der Waals surface area contributed by atoms with Gasteiger partial charge in [0.05, 0.1) is 25.9 Å². The number of rotatable bonds is 4. The van der Waals surface area contributed by atoms with Crippen LogP contribution in [0.3, 0.4) is 0 Å². The maximum atomic E-state index is 5.70. The maximum absolute atomic E-state index is 5.70. The first-order valence-electron chi connectivity index (χ1n) is 7.91. The molecule has 0 N–H and O–H groups in total. The van der Waals surface area contributed by atoms with E-state index in [0.717, 1.165) is 64.8 Å². The number of hydrogen-bond acceptors (Lipinski definition) is 5. The number of aryl methyl sites for hydroxylation is 1. The van der Waals surface area contributed by atoms with E-state index < -0.39 is 0 Å². The van der Waals surface area contributed by atoms with Gasteiger partial charge in [0, 0.05) is 38.9 Å². The molecule has 1 atom stereocenters. The summed E-state index contributed by atoms with van der Waals surface area (Å²) in [6.07, 6.45) is 3.24. The maximum Gasteiger partial charge on any atom is 0.131 e. The van der Waals surface area contributed by atoms with E-state index in [4.69, 9.17) is 9.47 Å². The van der Waals surface area contributed by atoms with Gasteiger partial charge < -0.3 is 14.4 Å². The van der Waals surface area contributed by atoms with Crippen LogP contribution in [0.4, 0.5) is 5.82 Å². The normalized spacial score (nSPS) is 24.2. The molecule has 2 saturated heterocycles. The zero-order valence-corrected chi connectivity index (χ0v) is 12.8. The summed E-state index contributed by atoms with van der Waals surface area (Å²) in [6, 6.07) is 4.14. The average molecular weight is 291 g/mol. The van der Waals surface area contributed by atoms with Crippen LogP contribution < -0.4 is 4.90 Å². The molecule has 0 aliphatic carbocycles. The van der Waals surface area contributed by atoms with Crippen molar-refractivity contribution in [1.29, 1.82) is 0 Å². The fourth-order valence-corrected chi connectivity index (χ4v) is 3.02. The number of piperazine rings is 1. The standard InChI is InChI=1S/C16H25N3O2/c1-14-3-2-5-17-16(14)19-9-7-18(8-10-19)6-4-15-13-20-11-12-21-15/h2-3,5,15H,4,6-13H2,1H3. The molecule has 3 heterocycles. The summed E-state index contributed by atoms with van der Waals surface area (Å²) in [5, 5.41) is 0. The molecular weight excluding hydrogens is 266 g/mol. The molecule has 0 radical (unpaired) electrons. The van der Waals surface area contributed by atoms with E-state index in [-0.39, 0.29) is 6.10 Å². The lowest BCUT2D eigenvalue weighted by Crippen LogP contribution is -2.48. The van der Waals surface area contributed by atoms with Gasteiger partial charge in [0.2, 0.25) is 0 Å². The molecule has 21 heavy (non-hydrogen) atoms. The summed E-state index contributed by atoms with van der Waals surface area (Å²) in [6.45, 7) is 9.80. The fourth-order valence-electron chi connectivity index (χ4n) is 3.02. The van der Waals surface area contributed by atoms with Crippen molar-refractivity contribution in [3.8, 4) is 0 Å². The molecule has 1 unspecified atom stereocenters. The van der Waals surface area contributed by atoms with E-state index in [1.54, 1.807) is 0 Å². The minimum Gasteiger partial charge on any atom is -0.376 e. The number of anilines is 1.